The van der Waals surface area contributed by atoms with Crippen LogP contribution in [0.5, 0.6) is 0 Å². The zero-order chi connectivity index (χ0) is 18.7. The van der Waals surface area contributed by atoms with Crippen molar-refractivity contribution in [3.05, 3.63) is 0 Å². The first-order valence-corrected chi connectivity index (χ1v) is 7.93. The Labute approximate surface area is 143 Å². The van der Waals surface area contributed by atoms with Crippen LogP contribution in [0.15, 0.2) is 0 Å². The fourth-order valence-corrected chi connectivity index (χ4v) is 2.93. The Morgan fingerprint density at radius 3 is 2.28 bits per heavy atom. The van der Waals surface area contributed by atoms with Crippen molar-refractivity contribution < 1.29 is 49.6 Å². The average Bonchev–Trinajstić information content (AvgIpc) is 2.57. The second-order valence-corrected chi connectivity index (χ2v) is 6.15. The molecule has 2 saturated heterocycles. The van der Waals surface area contributed by atoms with E-state index in [0.717, 1.165) is 0 Å². The Kier molecular flexibility index (Phi) is 7.08. The Bertz CT molecular complexity index is 451. The van der Waals surface area contributed by atoms with Gasteiger partial charge in [0.1, 0.15) is 48.8 Å². The Balaban J connectivity index is 2.18. The quantitative estimate of drug-likeness (QED) is 0.250. The monoisotopic (exact) mass is 367 g/mol. The fourth-order valence-electron chi connectivity index (χ4n) is 2.93. The van der Waals surface area contributed by atoms with E-state index in [0.29, 0.717) is 0 Å². The minimum absolute atomic E-state index is 0.209. The largest absolute Gasteiger partial charge is 0.394 e. The SMILES string of the molecule is CC(=O)N[C@H]1[C@H](O[C@H]2[C@@H](O)[C@@H](CO)OC[C@@H]2O)O[C@H](CO)[C@H](O)[C@@H]1O. The van der Waals surface area contributed by atoms with Crippen LogP contribution in [0.4, 0.5) is 0 Å². The van der Waals surface area contributed by atoms with E-state index in [1.807, 2.05) is 0 Å². The summed E-state index contributed by atoms with van der Waals surface area (Å²) in [6.45, 7) is -0.147. The Morgan fingerprint density at radius 2 is 1.72 bits per heavy atom. The van der Waals surface area contributed by atoms with Gasteiger partial charge in [-0.15, -0.1) is 0 Å². The normalized spacial score (nSPS) is 45.2. The van der Waals surface area contributed by atoms with Gasteiger partial charge in [-0.25, -0.2) is 0 Å². The molecule has 0 aromatic rings. The van der Waals surface area contributed by atoms with Gasteiger partial charge in [-0.2, -0.15) is 0 Å². The van der Waals surface area contributed by atoms with E-state index in [1.54, 1.807) is 0 Å². The van der Waals surface area contributed by atoms with Gasteiger partial charge in [-0.3, -0.25) is 4.79 Å². The average molecular weight is 367 g/mol. The standard InChI is InChI=1S/C14H25NO10/c1-5(18)15-9-12(22)10(20)8(3-17)24-14(9)25-13-6(19)4-23-7(2-16)11(13)21/h6-14,16-17,19-22H,2-4H2,1H3,(H,15,18)/t6-,7+,8+,9+,10-,11-,12+,13+,14-/m0/s1. The molecule has 25 heavy (non-hydrogen) atoms. The van der Waals surface area contributed by atoms with Gasteiger partial charge in [0.05, 0.1) is 19.8 Å². The molecular weight excluding hydrogens is 342 g/mol. The highest BCUT2D eigenvalue weighted by atomic mass is 16.7. The van der Waals surface area contributed by atoms with Crippen LogP contribution in [0.3, 0.4) is 0 Å². The van der Waals surface area contributed by atoms with Gasteiger partial charge in [0.25, 0.3) is 0 Å². The second kappa shape index (κ2) is 8.66. The third kappa shape index (κ3) is 4.45. The summed E-state index contributed by atoms with van der Waals surface area (Å²) in [4.78, 5) is 11.4. The van der Waals surface area contributed by atoms with Crippen molar-refractivity contribution in [1.29, 1.82) is 0 Å². The molecule has 11 nitrogen and oxygen atoms in total. The summed E-state index contributed by atoms with van der Waals surface area (Å²) in [6.07, 6.45) is -10.4. The molecule has 2 fully saturated rings. The molecule has 146 valence electrons. The lowest BCUT2D eigenvalue weighted by atomic mass is 9.96. The zero-order valence-electron chi connectivity index (χ0n) is 13.6. The predicted molar refractivity (Wildman–Crippen MR) is 79.1 cm³/mol. The van der Waals surface area contributed by atoms with Crippen molar-refractivity contribution in [2.24, 2.45) is 0 Å². The van der Waals surface area contributed by atoms with Gasteiger partial charge in [0.15, 0.2) is 6.29 Å². The van der Waals surface area contributed by atoms with Crippen molar-refractivity contribution in [2.75, 3.05) is 19.8 Å². The third-order valence-electron chi connectivity index (χ3n) is 4.30. The maximum Gasteiger partial charge on any atom is 0.217 e. The summed E-state index contributed by atoms with van der Waals surface area (Å²) in [5, 5.41) is 61.1. The zero-order valence-corrected chi connectivity index (χ0v) is 13.6. The van der Waals surface area contributed by atoms with Crippen LogP contribution in [0.2, 0.25) is 0 Å². The number of hydrogen-bond donors (Lipinski definition) is 7. The van der Waals surface area contributed by atoms with Crippen molar-refractivity contribution >= 4 is 5.91 Å². The molecule has 11 heteroatoms. The molecule has 2 aliphatic rings. The minimum Gasteiger partial charge on any atom is -0.394 e. The molecule has 0 spiro atoms. The molecule has 2 rings (SSSR count). The number of rotatable bonds is 5. The van der Waals surface area contributed by atoms with E-state index >= 15 is 0 Å². The van der Waals surface area contributed by atoms with E-state index in [-0.39, 0.29) is 6.61 Å². The molecule has 0 aromatic heterocycles. The highest BCUT2D eigenvalue weighted by Crippen LogP contribution is 2.27. The third-order valence-corrected chi connectivity index (χ3v) is 4.30. The number of ether oxygens (including phenoxy) is 3. The van der Waals surface area contributed by atoms with E-state index in [4.69, 9.17) is 14.2 Å². The molecule has 7 N–H and O–H groups in total. The van der Waals surface area contributed by atoms with Gasteiger partial charge in [0.2, 0.25) is 5.91 Å². The van der Waals surface area contributed by atoms with Crippen LogP contribution in [-0.2, 0) is 19.0 Å². The van der Waals surface area contributed by atoms with Crippen LogP contribution in [0.1, 0.15) is 6.92 Å². The molecule has 1 amide bonds. The molecule has 0 bridgehead atoms. The summed E-state index contributed by atoms with van der Waals surface area (Å²) < 4.78 is 16.0. The molecule has 0 saturated carbocycles. The molecule has 2 heterocycles. The number of nitrogens with one attached hydrogen (secondary N) is 1. The van der Waals surface area contributed by atoms with Gasteiger partial charge < -0.3 is 50.2 Å². The van der Waals surface area contributed by atoms with E-state index in [1.165, 1.54) is 6.92 Å². The van der Waals surface area contributed by atoms with Crippen molar-refractivity contribution in [1.82, 2.24) is 5.32 Å². The van der Waals surface area contributed by atoms with Crippen LogP contribution in [0, 0.1) is 0 Å². The van der Waals surface area contributed by atoms with Crippen LogP contribution < -0.4 is 5.32 Å². The van der Waals surface area contributed by atoms with Crippen LogP contribution in [0.25, 0.3) is 0 Å². The number of aliphatic hydroxyl groups is 6. The minimum atomic E-state index is -1.51. The van der Waals surface area contributed by atoms with Gasteiger partial charge >= 0.3 is 0 Å². The van der Waals surface area contributed by atoms with Gasteiger partial charge in [-0.1, -0.05) is 0 Å². The second-order valence-electron chi connectivity index (χ2n) is 6.15. The number of hydrogen-bond acceptors (Lipinski definition) is 10. The maximum absolute atomic E-state index is 11.4. The highest BCUT2D eigenvalue weighted by molar-refractivity contribution is 5.73. The maximum atomic E-state index is 11.4. The van der Waals surface area contributed by atoms with Crippen LogP contribution >= 0.6 is 0 Å². The van der Waals surface area contributed by atoms with Gasteiger partial charge in [-0.05, 0) is 0 Å². The molecule has 0 radical (unpaired) electrons. The Morgan fingerprint density at radius 1 is 1.08 bits per heavy atom. The Hall–Kier alpha value is -0.890. The number of carbonyl (C=O) groups is 1. The highest BCUT2D eigenvalue weighted by Gasteiger charge is 2.49. The lowest BCUT2D eigenvalue weighted by Gasteiger charge is -2.45. The van der Waals surface area contributed by atoms with Gasteiger partial charge in [0, 0.05) is 6.92 Å². The fraction of sp³-hybridized carbons (Fsp3) is 0.929. The first-order valence-electron chi connectivity index (χ1n) is 7.93. The summed E-state index contributed by atoms with van der Waals surface area (Å²) in [6, 6.07) is -1.20. The van der Waals surface area contributed by atoms with Crippen LogP contribution in [-0.4, -0.2) is 111 Å². The summed E-state index contributed by atoms with van der Waals surface area (Å²) >= 11 is 0. The molecule has 0 aromatic carbocycles. The lowest BCUT2D eigenvalue weighted by Crippen LogP contribution is -2.66. The molecule has 0 unspecified atom stereocenters. The molecule has 2 aliphatic heterocycles. The lowest BCUT2D eigenvalue weighted by molar-refractivity contribution is -0.314. The molecule has 0 aliphatic carbocycles. The first kappa shape index (κ1) is 20.4. The van der Waals surface area contributed by atoms with E-state index in [9.17, 15) is 35.4 Å². The van der Waals surface area contributed by atoms with Crippen molar-refractivity contribution in [3.63, 3.8) is 0 Å². The predicted octanol–water partition coefficient (Wildman–Crippen LogP) is -4.57. The topological polar surface area (TPSA) is 178 Å². The number of carbonyl (C=O) groups excluding carboxylic acids is 1. The summed E-state index contributed by atoms with van der Waals surface area (Å²) in [5.74, 6) is -0.530. The number of amides is 1. The van der Waals surface area contributed by atoms with E-state index in [2.05, 4.69) is 5.32 Å². The van der Waals surface area contributed by atoms with Crippen molar-refractivity contribution in [3.8, 4) is 0 Å². The summed E-state index contributed by atoms with van der Waals surface area (Å²) in [5.41, 5.74) is 0. The van der Waals surface area contributed by atoms with Crippen molar-refractivity contribution in [2.45, 2.75) is 62.0 Å². The number of aliphatic hydroxyl groups excluding tert-OH is 6. The van der Waals surface area contributed by atoms with E-state index < -0.39 is 74.2 Å². The molecular formula is C14H25NO10. The smallest absolute Gasteiger partial charge is 0.217 e. The first-order chi connectivity index (χ1) is 11.8. The molecule has 9 atom stereocenters. The summed E-state index contributed by atoms with van der Waals surface area (Å²) in [7, 11) is 0.